The summed E-state index contributed by atoms with van der Waals surface area (Å²) in [6, 6.07) is 2.14. The lowest BCUT2D eigenvalue weighted by Crippen LogP contribution is -2.37. The van der Waals surface area contributed by atoms with Crippen LogP contribution < -0.4 is 10.6 Å². The fraction of sp³-hybridized carbons (Fsp3) is 0.385. The molecule has 5 nitrogen and oxygen atoms in total. The minimum Gasteiger partial charge on any atom is -0.478 e. The highest BCUT2D eigenvalue weighted by Crippen LogP contribution is 2.30. The normalized spacial score (nSPS) is 10.4. The van der Waals surface area contributed by atoms with Crippen LogP contribution in [0.25, 0.3) is 0 Å². The van der Waals surface area contributed by atoms with Crippen molar-refractivity contribution >= 4 is 40.9 Å². The summed E-state index contributed by atoms with van der Waals surface area (Å²) in [6.07, 6.45) is 1.56. The highest BCUT2D eigenvalue weighted by Gasteiger charge is 2.18. The zero-order chi connectivity index (χ0) is 15.3. The van der Waals surface area contributed by atoms with Gasteiger partial charge in [-0.3, -0.25) is 0 Å². The smallest absolute Gasteiger partial charge is 0.337 e. The number of carboxylic acid groups (broad SMARTS) is 1. The van der Waals surface area contributed by atoms with E-state index in [0.29, 0.717) is 0 Å². The van der Waals surface area contributed by atoms with Crippen molar-refractivity contribution in [1.82, 2.24) is 5.32 Å². The number of halogens is 2. The van der Waals surface area contributed by atoms with E-state index in [2.05, 4.69) is 10.6 Å². The van der Waals surface area contributed by atoms with Gasteiger partial charge in [0.05, 0.1) is 16.3 Å². The molecular formula is C13H16Cl2N2O3. The Morgan fingerprint density at radius 2 is 1.85 bits per heavy atom. The molecule has 0 heterocycles. The first kappa shape index (κ1) is 16.6. The van der Waals surface area contributed by atoms with Gasteiger partial charge in [-0.1, -0.05) is 37.0 Å². The van der Waals surface area contributed by atoms with Gasteiger partial charge < -0.3 is 15.7 Å². The summed E-state index contributed by atoms with van der Waals surface area (Å²) < 4.78 is 0. The van der Waals surface area contributed by atoms with Crippen LogP contribution in [0.1, 0.15) is 37.0 Å². The number of carbonyl (C=O) groups excluding carboxylic acids is 1. The number of carboxylic acids is 1. The van der Waals surface area contributed by atoms with Gasteiger partial charge in [0, 0.05) is 11.1 Å². The summed E-state index contributed by atoms with van der Waals surface area (Å²) in [5.41, 5.74) is -0.116. The Balaban J connectivity index is 2.97. The minimum atomic E-state index is -1.22. The van der Waals surface area contributed by atoms with Crippen LogP contribution in [-0.4, -0.2) is 23.1 Å². The van der Waals surface area contributed by atoms with Crippen molar-refractivity contribution in [2.24, 2.45) is 0 Å². The molecule has 0 saturated heterocycles. The van der Waals surface area contributed by atoms with Crippen LogP contribution in [0.2, 0.25) is 10.0 Å². The zero-order valence-corrected chi connectivity index (χ0v) is 12.7. The zero-order valence-electron chi connectivity index (χ0n) is 11.2. The highest BCUT2D eigenvalue weighted by atomic mass is 35.5. The van der Waals surface area contributed by atoms with Crippen molar-refractivity contribution in [3.05, 3.63) is 27.7 Å². The average Bonchev–Trinajstić information content (AvgIpc) is 2.38. The van der Waals surface area contributed by atoms with E-state index in [9.17, 15) is 9.59 Å². The van der Waals surface area contributed by atoms with Gasteiger partial charge in [0.1, 0.15) is 0 Å². The standard InChI is InChI=1S/C13H16Cl2N2O3/c1-3-8(4-2)16-13(20)17-11-9(12(18)19)5-7(14)6-10(11)15/h5-6,8H,3-4H2,1-2H3,(H,18,19)(H2,16,17,20). The number of urea groups is 1. The van der Waals surface area contributed by atoms with Crippen molar-refractivity contribution < 1.29 is 14.7 Å². The molecule has 0 aromatic heterocycles. The maximum Gasteiger partial charge on any atom is 0.337 e. The van der Waals surface area contributed by atoms with Gasteiger partial charge in [-0.2, -0.15) is 0 Å². The van der Waals surface area contributed by atoms with E-state index in [-0.39, 0.29) is 27.3 Å². The van der Waals surface area contributed by atoms with Crippen molar-refractivity contribution in [1.29, 1.82) is 0 Å². The van der Waals surface area contributed by atoms with Crippen molar-refractivity contribution in [2.75, 3.05) is 5.32 Å². The topological polar surface area (TPSA) is 78.4 Å². The molecule has 2 amide bonds. The summed E-state index contributed by atoms with van der Waals surface area (Å²) in [5.74, 6) is -1.22. The van der Waals surface area contributed by atoms with Gasteiger partial charge in [0.2, 0.25) is 0 Å². The second-order valence-electron chi connectivity index (χ2n) is 4.23. The van der Waals surface area contributed by atoms with Gasteiger partial charge in [-0.25, -0.2) is 9.59 Å². The van der Waals surface area contributed by atoms with E-state index in [1.165, 1.54) is 12.1 Å². The fourth-order valence-electron chi connectivity index (χ4n) is 1.70. The molecule has 0 aliphatic heterocycles. The maximum absolute atomic E-state index is 11.8. The molecule has 20 heavy (non-hydrogen) atoms. The fourth-order valence-corrected chi connectivity index (χ4v) is 2.24. The predicted octanol–water partition coefficient (Wildman–Crippen LogP) is 4.00. The first-order valence-corrected chi connectivity index (χ1v) is 6.94. The van der Waals surface area contributed by atoms with E-state index < -0.39 is 12.0 Å². The third-order valence-electron chi connectivity index (χ3n) is 2.84. The molecule has 1 rings (SSSR count). The Hall–Kier alpha value is -1.46. The summed E-state index contributed by atoms with van der Waals surface area (Å²) in [4.78, 5) is 23.0. The van der Waals surface area contributed by atoms with Crippen LogP contribution in [0.15, 0.2) is 12.1 Å². The number of anilines is 1. The quantitative estimate of drug-likeness (QED) is 0.767. The maximum atomic E-state index is 11.8. The van der Waals surface area contributed by atoms with E-state index in [1.807, 2.05) is 13.8 Å². The molecule has 0 fully saturated rings. The van der Waals surface area contributed by atoms with Crippen molar-refractivity contribution in [3.8, 4) is 0 Å². The monoisotopic (exact) mass is 318 g/mol. The molecule has 0 unspecified atom stereocenters. The Labute approximate surface area is 127 Å². The second kappa shape index (κ2) is 7.36. The molecule has 0 aliphatic rings. The molecule has 1 aromatic rings. The third kappa shape index (κ3) is 4.28. The van der Waals surface area contributed by atoms with Crippen LogP contribution in [0.5, 0.6) is 0 Å². The highest BCUT2D eigenvalue weighted by molar-refractivity contribution is 6.37. The van der Waals surface area contributed by atoms with Crippen molar-refractivity contribution in [2.45, 2.75) is 32.7 Å². The SMILES string of the molecule is CCC(CC)NC(=O)Nc1c(Cl)cc(Cl)cc1C(=O)O. The third-order valence-corrected chi connectivity index (χ3v) is 3.36. The molecule has 0 atom stereocenters. The number of hydrogen-bond donors (Lipinski definition) is 3. The number of carbonyl (C=O) groups is 2. The van der Waals surface area contributed by atoms with E-state index >= 15 is 0 Å². The van der Waals surface area contributed by atoms with Gasteiger partial charge in [-0.05, 0) is 25.0 Å². The Bertz CT molecular complexity index is 517. The largest absolute Gasteiger partial charge is 0.478 e. The number of nitrogens with one attached hydrogen (secondary N) is 2. The lowest BCUT2D eigenvalue weighted by atomic mass is 10.1. The molecule has 110 valence electrons. The van der Waals surface area contributed by atoms with E-state index in [1.54, 1.807) is 0 Å². The average molecular weight is 319 g/mol. The van der Waals surface area contributed by atoms with Gasteiger partial charge in [0.25, 0.3) is 0 Å². The first-order valence-electron chi connectivity index (χ1n) is 6.18. The Morgan fingerprint density at radius 1 is 1.25 bits per heavy atom. The molecule has 0 spiro atoms. The molecular weight excluding hydrogens is 303 g/mol. The number of amides is 2. The van der Waals surface area contributed by atoms with Crippen LogP contribution >= 0.6 is 23.2 Å². The minimum absolute atomic E-state index is 0.0225. The van der Waals surface area contributed by atoms with Crippen molar-refractivity contribution in [3.63, 3.8) is 0 Å². The molecule has 0 radical (unpaired) electrons. The lowest BCUT2D eigenvalue weighted by molar-refractivity contribution is 0.0698. The predicted molar refractivity (Wildman–Crippen MR) is 79.9 cm³/mol. The van der Waals surface area contributed by atoms with Crippen LogP contribution in [0.4, 0.5) is 10.5 Å². The van der Waals surface area contributed by atoms with Crippen LogP contribution in [-0.2, 0) is 0 Å². The number of aromatic carboxylic acids is 1. The lowest BCUT2D eigenvalue weighted by Gasteiger charge is -2.17. The molecule has 7 heteroatoms. The van der Waals surface area contributed by atoms with Crippen LogP contribution in [0.3, 0.4) is 0 Å². The molecule has 0 saturated carbocycles. The summed E-state index contributed by atoms with van der Waals surface area (Å²) >= 11 is 11.7. The summed E-state index contributed by atoms with van der Waals surface area (Å²) in [7, 11) is 0. The summed E-state index contributed by atoms with van der Waals surface area (Å²) in [5, 5.41) is 14.6. The van der Waals surface area contributed by atoms with Gasteiger partial charge in [0.15, 0.2) is 0 Å². The second-order valence-corrected chi connectivity index (χ2v) is 5.07. The van der Waals surface area contributed by atoms with E-state index in [4.69, 9.17) is 28.3 Å². The molecule has 3 N–H and O–H groups in total. The van der Waals surface area contributed by atoms with Gasteiger partial charge in [-0.15, -0.1) is 0 Å². The molecule has 1 aromatic carbocycles. The van der Waals surface area contributed by atoms with E-state index in [0.717, 1.165) is 12.8 Å². The Morgan fingerprint density at radius 3 is 2.35 bits per heavy atom. The first-order chi connectivity index (χ1) is 9.38. The van der Waals surface area contributed by atoms with Crippen LogP contribution in [0, 0.1) is 0 Å². The number of rotatable bonds is 5. The molecule has 0 aliphatic carbocycles. The van der Waals surface area contributed by atoms with Gasteiger partial charge >= 0.3 is 12.0 Å². The molecule has 0 bridgehead atoms. The number of hydrogen-bond acceptors (Lipinski definition) is 2. The summed E-state index contributed by atoms with van der Waals surface area (Å²) in [6.45, 7) is 3.90. The Kier molecular flexibility index (Phi) is 6.10. The number of benzene rings is 1.